The van der Waals surface area contributed by atoms with Crippen LogP contribution in [-0.2, 0) is 14.2 Å². The third kappa shape index (κ3) is 5.12. The van der Waals surface area contributed by atoms with Crippen molar-refractivity contribution in [2.24, 2.45) is 5.92 Å². The molecule has 2 spiro atoms. The van der Waals surface area contributed by atoms with Crippen molar-refractivity contribution in [3.05, 3.63) is 65.5 Å². The summed E-state index contributed by atoms with van der Waals surface area (Å²) < 4.78 is 18.4. The van der Waals surface area contributed by atoms with Crippen LogP contribution in [0.4, 0.5) is 0 Å². The van der Waals surface area contributed by atoms with Gasteiger partial charge in [0.15, 0.2) is 0 Å². The van der Waals surface area contributed by atoms with E-state index in [0.717, 1.165) is 58.4 Å². The van der Waals surface area contributed by atoms with Crippen LogP contribution < -0.4 is 0 Å². The standard InChI is InChI=1S/C34H46N2O3/c1-25-7-8-26(28-10-9-27-13-16-35-24-29(27)21-28)5-4-6-31-22-30-11-12-32(36(17-19-37-2)18-20-38-3)23-33(30)14-15-34(25,31)39-33/h6,9-10,13,16,21-22,24-26,32H,4-5,7-8,11-12,14-15,17-20,23H2,1-3H3. The molecule has 5 heteroatoms. The third-order valence-electron chi connectivity index (χ3n) is 10.4. The summed E-state index contributed by atoms with van der Waals surface area (Å²) in [4.78, 5) is 6.96. The zero-order valence-corrected chi connectivity index (χ0v) is 24.2. The summed E-state index contributed by atoms with van der Waals surface area (Å²) in [5.74, 6) is 1.08. The van der Waals surface area contributed by atoms with Gasteiger partial charge in [-0.2, -0.15) is 0 Å². The van der Waals surface area contributed by atoms with E-state index >= 15 is 0 Å². The van der Waals surface area contributed by atoms with Crippen LogP contribution in [0.5, 0.6) is 0 Å². The van der Waals surface area contributed by atoms with E-state index < -0.39 is 0 Å². The van der Waals surface area contributed by atoms with Crippen LogP contribution in [0.3, 0.4) is 0 Å². The first-order valence-corrected chi connectivity index (χ1v) is 15.2. The Labute approximate surface area is 234 Å². The number of nitrogens with zero attached hydrogens (tertiary/aromatic N) is 2. The van der Waals surface area contributed by atoms with E-state index in [9.17, 15) is 0 Å². The zero-order chi connectivity index (χ0) is 26.9. The number of rotatable bonds is 8. The van der Waals surface area contributed by atoms with Crippen molar-refractivity contribution in [2.45, 2.75) is 87.9 Å². The maximum atomic E-state index is 7.44. The summed E-state index contributed by atoms with van der Waals surface area (Å²) in [5, 5.41) is 2.53. The highest BCUT2D eigenvalue weighted by Crippen LogP contribution is 2.59. The van der Waals surface area contributed by atoms with E-state index in [1.165, 1.54) is 47.6 Å². The molecule has 3 heterocycles. The minimum Gasteiger partial charge on any atom is -0.383 e. The summed E-state index contributed by atoms with van der Waals surface area (Å²) in [6.07, 6.45) is 19.5. The molecule has 2 fully saturated rings. The van der Waals surface area contributed by atoms with Gasteiger partial charge in [0.25, 0.3) is 0 Å². The first kappa shape index (κ1) is 27.1. The van der Waals surface area contributed by atoms with Crippen molar-refractivity contribution in [3.8, 4) is 0 Å². The van der Waals surface area contributed by atoms with Crippen molar-refractivity contribution in [3.63, 3.8) is 0 Å². The average molecular weight is 531 g/mol. The van der Waals surface area contributed by atoms with Crippen molar-refractivity contribution in [1.29, 1.82) is 0 Å². The van der Waals surface area contributed by atoms with Gasteiger partial charge in [-0.3, -0.25) is 9.88 Å². The number of fused-ring (bicyclic) bond motifs is 1. The molecule has 1 aromatic carbocycles. The quantitative estimate of drug-likeness (QED) is 0.374. The molecule has 2 aliphatic heterocycles. The number of aromatic nitrogens is 1. The van der Waals surface area contributed by atoms with E-state index in [0.29, 0.717) is 17.9 Å². The zero-order valence-electron chi connectivity index (χ0n) is 24.2. The van der Waals surface area contributed by atoms with Gasteiger partial charge in [0, 0.05) is 51.1 Å². The lowest BCUT2D eigenvalue weighted by atomic mass is 9.73. The Morgan fingerprint density at radius 1 is 1.00 bits per heavy atom. The minimum atomic E-state index is -0.128. The number of benzene rings is 1. The molecule has 1 saturated heterocycles. The molecule has 2 bridgehead atoms. The largest absolute Gasteiger partial charge is 0.383 e. The molecular weight excluding hydrogens is 484 g/mol. The summed E-state index contributed by atoms with van der Waals surface area (Å²) >= 11 is 0. The van der Waals surface area contributed by atoms with E-state index in [1.807, 2.05) is 12.4 Å². The molecule has 0 amide bonds. The molecule has 210 valence electrons. The monoisotopic (exact) mass is 530 g/mol. The summed E-state index contributed by atoms with van der Waals surface area (Å²) in [7, 11) is 3.60. The molecule has 0 radical (unpaired) electrons. The molecule has 5 nitrogen and oxygen atoms in total. The van der Waals surface area contributed by atoms with Gasteiger partial charge in [0.2, 0.25) is 0 Å². The lowest BCUT2D eigenvalue weighted by molar-refractivity contribution is -0.118. The number of allylic oxidation sites excluding steroid dienone is 1. The Kier molecular flexibility index (Phi) is 7.96. The Balaban J connectivity index is 1.23. The normalized spacial score (nSPS) is 32.6. The van der Waals surface area contributed by atoms with Gasteiger partial charge in [0.05, 0.1) is 24.4 Å². The first-order valence-electron chi connectivity index (χ1n) is 15.2. The molecule has 2 aliphatic carbocycles. The molecule has 1 aromatic heterocycles. The van der Waals surface area contributed by atoms with Crippen molar-refractivity contribution in [1.82, 2.24) is 9.88 Å². The lowest BCUT2D eigenvalue weighted by Crippen LogP contribution is -2.52. The van der Waals surface area contributed by atoms with Crippen molar-refractivity contribution in [2.75, 3.05) is 40.5 Å². The molecule has 39 heavy (non-hydrogen) atoms. The minimum absolute atomic E-state index is 0.0916. The molecule has 5 atom stereocenters. The smallest absolute Gasteiger partial charge is 0.0966 e. The predicted molar refractivity (Wildman–Crippen MR) is 157 cm³/mol. The fraction of sp³-hybridized carbons (Fsp3) is 0.618. The van der Waals surface area contributed by atoms with Gasteiger partial charge < -0.3 is 14.2 Å². The lowest BCUT2D eigenvalue weighted by Gasteiger charge is -2.50. The third-order valence-corrected chi connectivity index (χ3v) is 10.4. The number of hydrogen-bond acceptors (Lipinski definition) is 5. The number of methoxy groups -OCH3 is 2. The van der Waals surface area contributed by atoms with Crippen LogP contribution in [-0.4, -0.2) is 67.7 Å². The maximum Gasteiger partial charge on any atom is 0.0966 e. The predicted octanol–water partition coefficient (Wildman–Crippen LogP) is 6.83. The van der Waals surface area contributed by atoms with Crippen molar-refractivity contribution >= 4 is 10.8 Å². The topological polar surface area (TPSA) is 43.8 Å². The van der Waals surface area contributed by atoms with E-state index in [1.54, 1.807) is 19.8 Å². The molecular formula is C34H46N2O3. The Morgan fingerprint density at radius 3 is 2.67 bits per heavy atom. The molecule has 2 aromatic rings. The summed E-state index contributed by atoms with van der Waals surface area (Å²) in [6, 6.07) is 9.64. The van der Waals surface area contributed by atoms with Gasteiger partial charge in [-0.05, 0) is 104 Å². The van der Waals surface area contributed by atoms with E-state index in [2.05, 4.69) is 53.2 Å². The van der Waals surface area contributed by atoms with Crippen molar-refractivity contribution < 1.29 is 14.2 Å². The first-order chi connectivity index (χ1) is 19.1. The molecule has 0 N–H and O–H groups in total. The van der Waals surface area contributed by atoms with Gasteiger partial charge in [-0.15, -0.1) is 0 Å². The highest BCUT2D eigenvalue weighted by molar-refractivity contribution is 5.82. The Hall–Kier alpha value is -2.05. The second kappa shape index (κ2) is 11.4. The maximum absolute atomic E-state index is 7.44. The van der Waals surface area contributed by atoms with Gasteiger partial charge in [-0.25, -0.2) is 0 Å². The summed E-state index contributed by atoms with van der Waals surface area (Å²) in [6.45, 7) is 5.90. The highest BCUT2D eigenvalue weighted by atomic mass is 16.5. The van der Waals surface area contributed by atoms with Crippen LogP contribution in [0.25, 0.3) is 10.8 Å². The second-order valence-electron chi connectivity index (χ2n) is 12.5. The number of ether oxygens (including phenoxy) is 3. The van der Waals surface area contributed by atoms with Crippen LogP contribution in [0.1, 0.15) is 76.2 Å². The number of pyridine rings is 1. The Morgan fingerprint density at radius 2 is 1.85 bits per heavy atom. The fourth-order valence-corrected chi connectivity index (χ4v) is 8.12. The van der Waals surface area contributed by atoms with Crippen LogP contribution in [0.15, 0.2) is 60.0 Å². The van der Waals surface area contributed by atoms with E-state index in [-0.39, 0.29) is 11.2 Å². The second-order valence-corrected chi connectivity index (χ2v) is 12.5. The summed E-state index contributed by atoms with van der Waals surface area (Å²) in [5.41, 5.74) is 4.29. The molecule has 6 rings (SSSR count). The van der Waals surface area contributed by atoms with Crippen LogP contribution >= 0.6 is 0 Å². The van der Waals surface area contributed by atoms with Gasteiger partial charge >= 0.3 is 0 Å². The van der Waals surface area contributed by atoms with Gasteiger partial charge in [-0.1, -0.05) is 31.2 Å². The van der Waals surface area contributed by atoms with E-state index in [4.69, 9.17) is 14.2 Å². The SMILES string of the molecule is COCCN(CCOC)C1CCC2=CC3=CCCC(c4ccc5ccncc5c4)CCC(C)C34CCC2(C1)O4. The average Bonchev–Trinajstić information content (AvgIpc) is 3.31. The highest BCUT2D eigenvalue weighted by Gasteiger charge is 2.59. The Bertz CT molecular complexity index is 1220. The fourth-order valence-electron chi connectivity index (χ4n) is 8.12. The molecule has 5 unspecified atom stereocenters. The van der Waals surface area contributed by atoms with Crippen LogP contribution in [0.2, 0.25) is 0 Å². The van der Waals surface area contributed by atoms with Crippen LogP contribution in [0, 0.1) is 5.92 Å². The number of hydrogen-bond donors (Lipinski definition) is 0. The molecule has 1 saturated carbocycles. The molecule has 4 aliphatic rings. The van der Waals surface area contributed by atoms with Gasteiger partial charge in [0.1, 0.15) is 0 Å².